The lowest BCUT2D eigenvalue weighted by molar-refractivity contribution is 0.376. The van der Waals surface area contributed by atoms with Crippen molar-refractivity contribution >= 4 is 28.3 Å². The summed E-state index contributed by atoms with van der Waals surface area (Å²) < 4.78 is 1.99. The number of rotatable bonds is 2. The summed E-state index contributed by atoms with van der Waals surface area (Å²) in [6.07, 6.45) is 3.70. The Morgan fingerprint density at radius 3 is 2.68 bits per heavy atom. The Morgan fingerprint density at radius 2 is 1.96 bits per heavy atom. The summed E-state index contributed by atoms with van der Waals surface area (Å²) in [6, 6.07) is 10.7. The minimum absolute atomic E-state index is 0.0378. The van der Waals surface area contributed by atoms with Crippen LogP contribution in [0.1, 0.15) is 12.8 Å². The molecule has 4 rings (SSSR count). The van der Waals surface area contributed by atoms with E-state index in [1.54, 1.807) is 41.1 Å². The van der Waals surface area contributed by atoms with E-state index < -0.39 is 0 Å². The van der Waals surface area contributed by atoms with Gasteiger partial charge in [-0.1, -0.05) is 17.7 Å². The Labute approximate surface area is 150 Å². The van der Waals surface area contributed by atoms with E-state index in [9.17, 15) is 9.90 Å². The topological polar surface area (TPSA) is 55.1 Å². The molecule has 3 heterocycles. The molecule has 25 heavy (non-hydrogen) atoms. The van der Waals surface area contributed by atoms with Crippen LogP contribution in [0.15, 0.2) is 47.4 Å². The molecule has 0 aliphatic carbocycles. The number of nitrogens with zero attached hydrogens (tertiary/aromatic N) is 3. The zero-order valence-corrected chi connectivity index (χ0v) is 14.7. The highest BCUT2D eigenvalue weighted by atomic mass is 35.5. The highest BCUT2D eigenvalue weighted by Crippen LogP contribution is 2.37. The maximum Gasteiger partial charge on any atom is 0.322 e. The fraction of sp³-hybridized carbons (Fsp3) is 0.263. The minimum Gasteiger partial charge on any atom is -0.502 e. The number of benzene rings is 1. The zero-order chi connectivity index (χ0) is 17.6. The van der Waals surface area contributed by atoms with Crippen LogP contribution in [0.25, 0.3) is 16.7 Å². The van der Waals surface area contributed by atoms with Crippen molar-refractivity contribution in [3.63, 3.8) is 0 Å². The molecule has 1 saturated heterocycles. The summed E-state index contributed by atoms with van der Waals surface area (Å²) in [5.41, 5.74) is 1.27. The Bertz CT molecular complexity index is 1020. The molecule has 1 N–H and O–H groups in total. The maximum atomic E-state index is 13.4. The predicted molar refractivity (Wildman–Crippen MR) is 101 cm³/mol. The third-order valence-corrected chi connectivity index (χ3v) is 5.28. The number of halogens is 1. The van der Waals surface area contributed by atoms with Crippen molar-refractivity contribution in [1.29, 1.82) is 0 Å². The first-order valence-corrected chi connectivity index (χ1v) is 8.73. The van der Waals surface area contributed by atoms with Crippen LogP contribution in [0.2, 0.25) is 5.02 Å². The normalized spacial score (nSPS) is 16.4. The van der Waals surface area contributed by atoms with Gasteiger partial charge in [-0.05, 0) is 30.3 Å². The van der Waals surface area contributed by atoms with Crippen LogP contribution in [0.3, 0.4) is 0 Å². The molecule has 0 bridgehead atoms. The predicted octanol–water partition coefficient (Wildman–Crippen LogP) is 3.48. The molecule has 1 aliphatic rings. The van der Waals surface area contributed by atoms with Crippen molar-refractivity contribution < 1.29 is 5.11 Å². The van der Waals surface area contributed by atoms with Gasteiger partial charge in [-0.2, -0.15) is 0 Å². The Hall–Kier alpha value is -2.37. The van der Waals surface area contributed by atoms with Gasteiger partial charge >= 0.3 is 5.56 Å². The second-order valence-electron chi connectivity index (χ2n) is 6.74. The molecule has 1 fully saturated rings. The van der Waals surface area contributed by atoms with Crippen molar-refractivity contribution in [1.82, 2.24) is 14.0 Å². The minimum atomic E-state index is -0.240. The van der Waals surface area contributed by atoms with E-state index in [-0.39, 0.29) is 11.3 Å². The van der Waals surface area contributed by atoms with Gasteiger partial charge in [0.05, 0.1) is 31.2 Å². The quantitative estimate of drug-likeness (QED) is 0.715. The van der Waals surface area contributed by atoms with Gasteiger partial charge in [0.1, 0.15) is 0 Å². The SMILES string of the molecule is C[N+]1(c2c(O)c3cccnc3n(-c3cccc(Cl)c3)c2=O)CCCC1. The molecule has 6 heteroatoms. The van der Waals surface area contributed by atoms with Gasteiger partial charge in [-0.3, -0.25) is 13.8 Å². The molecule has 0 radical (unpaired) electrons. The lowest BCUT2D eigenvalue weighted by Gasteiger charge is -2.29. The number of aromatic hydroxyl groups is 1. The van der Waals surface area contributed by atoms with Crippen molar-refractivity contribution in [3.8, 4) is 11.4 Å². The summed E-state index contributed by atoms with van der Waals surface area (Å²) >= 11 is 6.13. The fourth-order valence-corrected chi connectivity index (χ4v) is 3.97. The van der Waals surface area contributed by atoms with Crippen molar-refractivity contribution in [3.05, 3.63) is 58.0 Å². The van der Waals surface area contributed by atoms with Gasteiger partial charge in [-0.15, -0.1) is 0 Å². The lowest BCUT2D eigenvalue weighted by Crippen LogP contribution is -2.46. The van der Waals surface area contributed by atoms with Gasteiger partial charge in [-0.25, -0.2) is 4.98 Å². The number of hydrogen-bond donors (Lipinski definition) is 1. The molecular weight excluding hydrogens is 338 g/mol. The maximum absolute atomic E-state index is 13.4. The van der Waals surface area contributed by atoms with E-state index in [1.165, 1.54) is 0 Å². The van der Waals surface area contributed by atoms with Crippen LogP contribution in [-0.2, 0) is 0 Å². The molecule has 1 aliphatic heterocycles. The lowest BCUT2D eigenvalue weighted by atomic mass is 10.2. The first-order valence-electron chi connectivity index (χ1n) is 8.35. The van der Waals surface area contributed by atoms with Crippen molar-refractivity contribution in [2.45, 2.75) is 12.8 Å². The van der Waals surface area contributed by atoms with Crippen LogP contribution < -0.4 is 10.0 Å². The monoisotopic (exact) mass is 356 g/mol. The third kappa shape index (κ3) is 2.51. The van der Waals surface area contributed by atoms with E-state index in [4.69, 9.17) is 11.6 Å². The summed E-state index contributed by atoms with van der Waals surface area (Å²) in [5, 5.41) is 12.0. The number of hydrogen-bond acceptors (Lipinski definition) is 3. The van der Waals surface area contributed by atoms with Gasteiger partial charge in [0, 0.05) is 24.1 Å². The number of quaternary nitrogens is 1. The van der Waals surface area contributed by atoms with E-state index in [0.29, 0.717) is 31.9 Å². The van der Waals surface area contributed by atoms with E-state index in [1.807, 2.05) is 13.1 Å². The highest BCUT2D eigenvalue weighted by molar-refractivity contribution is 6.30. The van der Waals surface area contributed by atoms with Crippen LogP contribution in [0.4, 0.5) is 5.69 Å². The number of aromatic nitrogens is 2. The smallest absolute Gasteiger partial charge is 0.322 e. The van der Waals surface area contributed by atoms with Crippen LogP contribution in [0.5, 0.6) is 5.75 Å². The van der Waals surface area contributed by atoms with E-state index in [2.05, 4.69) is 4.98 Å². The van der Waals surface area contributed by atoms with Gasteiger partial charge in [0.2, 0.25) is 5.69 Å². The average Bonchev–Trinajstić information content (AvgIpc) is 3.02. The summed E-state index contributed by atoms with van der Waals surface area (Å²) in [4.78, 5) is 17.8. The van der Waals surface area contributed by atoms with Gasteiger partial charge in [0.25, 0.3) is 0 Å². The molecule has 3 aromatic rings. The first-order chi connectivity index (χ1) is 12.0. The summed E-state index contributed by atoms with van der Waals surface area (Å²) in [5.74, 6) is 0.0378. The van der Waals surface area contributed by atoms with E-state index in [0.717, 1.165) is 25.9 Å². The van der Waals surface area contributed by atoms with Crippen LogP contribution in [-0.4, -0.2) is 34.8 Å². The molecule has 0 amide bonds. The van der Waals surface area contributed by atoms with Crippen molar-refractivity contribution in [2.75, 3.05) is 20.1 Å². The van der Waals surface area contributed by atoms with Gasteiger partial charge in [0.15, 0.2) is 11.4 Å². The Kier molecular flexibility index (Phi) is 3.78. The number of likely N-dealkylation sites (tertiary alicyclic amines) is 1. The van der Waals surface area contributed by atoms with Crippen molar-refractivity contribution in [2.24, 2.45) is 0 Å². The zero-order valence-electron chi connectivity index (χ0n) is 13.9. The molecule has 0 atom stereocenters. The fourth-order valence-electron chi connectivity index (χ4n) is 3.79. The van der Waals surface area contributed by atoms with Crippen LogP contribution in [0, 0.1) is 0 Å². The molecule has 0 spiro atoms. The summed E-state index contributed by atoms with van der Waals surface area (Å²) in [6.45, 7) is 1.67. The highest BCUT2D eigenvalue weighted by Gasteiger charge is 2.37. The molecule has 0 unspecified atom stereocenters. The molecule has 2 aromatic heterocycles. The first kappa shape index (κ1) is 16.1. The second-order valence-corrected chi connectivity index (χ2v) is 7.18. The van der Waals surface area contributed by atoms with E-state index >= 15 is 0 Å². The second kappa shape index (κ2) is 5.86. The van der Waals surface area contributed by atoms with Gasteiger partial charge < -0.3 is 5.11 Å². The van der Waals surface area contributed by atoms with Crippen LogP contribution >= 0.6 is 11.6 Å². The summed E-state index contributed by atoms with van der Waals surface area (Å²) in [7, 11) is 2.01. The third-order valence-electron chi connectivity index (χ3n) is 5.04. The number of pyridine rings is 2. The molecule has 5 nitrogen and oxygen atoms in total. The standard InChI is InChI=1S/C19H18ClN3O2/c1-23(10-2-3-11-23)16-17(24)15-8-5-9-21-18(15)22(19(16)25)14-7-4-6-13(20)12-14/h4-9,12H,2-3,10-11H2,1H3/p+1. The molecule has 0 saturated carbocycles. The molecular formula is C19H19ClN3O2+. The largest absolute Gasteiger partial charge is 0.502 e. The number of fused-ring (bicyclic) bond motifs is 1. The Balaban J connectivity index is 2.13. The Morgan fingerprint density at radius 1 is 1.20 bits per heavy atom. The average molecular weight is 357 g/mol. The molecule has 1 aromatic carbocycles. The molecule has 128 valence electrons.